The highest BCUT2D eigenvalue weighted by molar-refractivity contribution is 6.30. The zero-order valence-corrected chi connectivity index (χ0v) is 12.7. The van der Waals surface area contributed by atoms with Crippen LogP contribution in [0.4, 0.5) is 0 Å². The molecule has 1 unspecified atom stereocenters. The molecule has 3 rings (SSSR count). The topological polar surface area (TPSA) is 69.6 Å². The second-order valence-corrected chi connectivity index (χ2v) is 5.53. The van der Waals surface area contributed by atoms with Crippen molar-refractivity contribution in [2.45, 2.75) is 19.0 Å². The van der Waals surface area contributed by atoms with Crippen LogP contribution in [0.25, 0.3) is 0 Å². The van der Waals surface area contributed by atoms with Crippen LogP contribution in [0.3, 0.4) is 0 Å². The second kappa shape index (κ2) is 6.68. The lowest BCUT2D eigenvalue weighted by molar-refractivity contribution is 0.637. The smallest absolute Gasteiger partial charge is 0.0849 e. The van der Waals surface area contributed by atoms with E-state index >= 15 is 0 Å². The largest absolute Gasteiger partial charge is 0.324 e. The molecule has 112 valence electrons. The van der Waals surface area contributed by atoms with Crippen molar-refractivity contribution in [1.29, 1.82) is 0 Å². The number of nitrogens with two attached hydrogens (primary N) is 1. The average Bonchev–Trinajstić information content (AvgIpc) is 2.97. The van der Waals surface area contributed by atoms with Gasteiger partial charge in [-0.25, -0.2) is 4.68 Å². The molecule has 0 amide bonds. The van der Waals surface area contributed by atoms with Crippen molar-refractivity contribution in [3.63, 3.8) is 0 Å². The van der Waals surface area contributed by atoms with E-state index in [9.17, 15) is 0 Å². The summed E-state index contributed by atoms with van der Waals surface area (Å²) in [6.07, 6.45) is 4.18. The molecule has 0 fully saturated rings. The number of hydrogen-bond acceptors (Lipinski definition) is 4. The number of halogens is 1. The van der Waals surface area contributed by atoms with Crippen molar-refractivity contribution >= 4 is 11.6 Å². The zero-order valence-electron chi connectivity index (χ0n) is 11.9. The number of hydrogen-bond donors (Lipinski definition) is 1. The molecule has 0 bridgehead atoms. The quantitative estimate of drug-likeness (QED) is 0.786. The van der Waals surface area contributed by atoms with Gasteiger partial charge in [-0.3, -0.25) is 4.98 Å². The van der Waals surface area contributed by atoms with Crippen molar-refractivity contribution in [3.8, 4) is 0 Å². The highest BCUT2D eigenvalue weighted by Crippen LogP contribution is 2.14. The van der Waals surface area contributed by atoms with Gasteiger partial charge in [0.15, 0.2) is 0 Å². The van der Waals surface area contributed by atoms with Gasteiger partial charge in [0.25, 0.3) is 0 Å². The predicted octanol–water partition coefficient (Wildman–Crippen LogP) is 2.62. The van der Waals surface area contributed by atoms with Gasteiger partial charge in [-0.15, -0.1) is 5.10 Å². The Hall–Kier alpha value is -2.24. The van der Waals surface area contributed by atoms with E-state index in [0.717, 1.165) is 17.0 Å². The Morgan fingerprint density at radius 2 is 1.91 bits per heavy atom. The van der Waals surface area contributed by atoms with Crippen LogP contribution in [-0.2, 0) is 13.0 Å². The molecule has 1 atom stereocenters. The van der Waals surface area contributed by atoms with Gasteiger partial charge in [0.05, 0.1) is 23.0 Å². The molecule has 0 saturated heterocycles. The molecule has 3 aromatic rings. The third kappa shape index (κ3) is 3.69. The first-order chi connectivity index (χ1) is 10.7. The molecule has 0 aliphatic rings. The van der Waals surface area contributed by atoms with E-state index in [1.807, 2.05) is 48.7 Å². The number of pyridine rings is 1. The van der Waals surface area contributed by atoms with Crippen molar-refractivity contribution in [1.82, 2.24) is 20.0 Å². The second-order valence-electron chi connectivity index (χ2n) is 5.10. The first-order valence-corrected chi connectivity index (χ1v) is 7.38. The molecule has 5 nitrogen and oxygen atoms in total. The van der Waals surface area contributed by atoms with Crippen LogP contribution < -0.4 is 5.73 Å². The molecular formula is C16H16ClN5. The number of aromatic nitrogens is 4. The van der Waals surface area contributed by atoms with Gasteiger partial charge < -0.3 is 5.73 Å². The normalized spacial score (nSPS) is 12.3. The summed E-state index contributed by atoms with van der Waals surface area (Å²) in [7, 11) is 0. The lowest BCUT2D eigenvalue weighted by Crippen LogP contribution is -2.13. The Kier molecular flexibility index (Phi) is 4.46. The van der Waals surface area contributed by atoms with E-state index in [-0.39, 0.29) is 6.04 Å². The van der Waals surface area contributed by atoms with E-state index in [4.69, 9.17) is 17.3 Å². The zero-order chi connectivity index (χ0) is 15.4. The van der Waals surface area contributed by atoms with Gasteiger partial charge in [0, 0.05) is 24.9 Å². The number of benzene rings is 1. The Balaban J connectivity index is 1.65. The molecule has 0 saturated carbocycles. The van der Waals surface area contributed by atoms with E-state index in [0.29, 0.717) is 18.0 Å². The minimum atomic E-state index is -0.0833. The summed E-state index contributed by atoms with van der Waals surface area (Å²) in [5, 5.41) is 8.92. The van der Waals surface area contributed by atoms with Crippen LogP contribution in [0.15, 0.2) is 54.9 Å². The van der Waals surface area contributed by atoms with Crippen LogP contribution >= 0.6 is 11.6 Å². The van der Waals surface area contributed by atoms with Crippen molar-refractivity contribution in [3.05, 3.63) is 76.8 Å². The summed E-state index contributed by atoms with van der Waals surface area (Å²) in [6.45, 7) is 0.560. The summed E-state index contributed by atoms with van der Waals surface area (Å²) in [4.78, 5) is 4.25. The van der Waals surface area contributed by atoms with Crippen LogP contribution in [-0.4, -0.2) is 20.0 Å². The summed E-state index contributed by atoms with van der Waals surface area (Å²) in [5.74, 6) is 0. The highest BCUT2D eigenvalue weighted by Gasteiger charge is 2.10. The van der Waals surface area contributed by atoms with Gasteiger partial charge in [0.1, 0.15) is 0 Å². The molecular weight excluding hydrogens is 298 g/mol. The van der Waals surface area contributed by atoms with Crippen molar-refractivity contribution in [2.24, 2.45) is 5.73 Å². The SMILES string of the molecule is NC(Cc1cn(Cc2ccc(Cl)cn2)nn1)c1ccccc1. The van der Waals surface area contributed by atoms with E-state index < -0.39 is 0 Å². The van der Waals surface area contributed by atoms with Crippen LogP contribution in [0.1, 0.15) is 23.0 Å². The molecule has 1 aromatic carbocycles. The third-order valence-electron chi connectivity index (χ3n) is 3.36. The molecule has 0 aliphatic heterocycles. The minimum Gasteiger partial charge on any atom is -0.324 e. The molecule has 6 heteroatoms. The van der Waals surface area contributed by atoms with Crippen LogP contribution in [0, 0.1) is 0 Å². The lowest BCUT2D eigenvalue weighted by Gasteiger charge is -2.09. The monoisotopic (exact) mass is 313 g/mol. The number of rotatable bonds is 5. The summed E-state index contributed by atoms with van der Waals surface area (Å²) in [5.41, 5.74) is 9.04. The van der Waals surface area contributed by atoms with Crippen LogP contribution in [0.2, 0.25) is 5.02 Å². The number of nitrogens with zero attached hydrogens (tertiary/aromatic N) is 4. The lowest BCUT2D eigenvalue weighted by atomic mass is 10.0. The maximum atomic E-state index is 6.20. The molecule has 2 N–H and O–H groups in total. The summed E-state index contributed by atoms with van der Waals surface area (Å²) in [6, 6.07) is 13.6. The Labute approximate surface area is 133 Å². The van der Waals surface area contributed by atoms with Gasteiger partial charge in [-0.1, -0.05) is 47.1 Å². The molecule has 2 aromatic heterocycles. The molecule has 0 spiro atoms. The Bertz CT molecular complexity index is 724. The fourth-order valence-electron chi connectivity index (χ4n) is 2.22. The first kappa shape index (κ1) is 14.7. The standard InChI is InChI=1S/C16H16ClN5/c17-13-6-7-14(19-9-13)10-22-11-15(20-21-22)8-16(18)12-4-2-1-3-5-12/h1-7,9,11,16H,8,10,18H2. The molecule has 22 heavy (non-hydrogen) atoms. The average molecular weight is 314 g/mol. The minimum absolute atomic E-state index is 0.0833. The van der Waals surface area contributed by atoms with E-state index in [1.165, 1.54) is 0 Å². The molecule has 0 aliphatic carbocycles. The fraction of sp³-hybridized carbons (Fsp3) is 0.188. The fourth-order valence-corrected chi connectivity index (χ4v) is 2.33. The Morgan fingerprint density at radius 3 is 2.64 bits per heavy atom. The van der Waals surface area contributed by atoms with Crippen LogP contribution in [0.5, 0.6) is 0 Å². The first-order valence-electron chi connectivity index (χ1n) is 7.00. The van der Waals surface area contributed by atoms with Gasteiger partial charge in [-0.2, -0.15) is 0 Å². The third-order valence-corrected chi connectivity index (χ3v) is 3.58. The maximum absolute atomic E-state index is 6.20. The predicted molar refractivity (Wildman–Crippen MR) is 85.4 cm³/mol. The van der Waals surface area contributed by atoms with Crippen molar-refractivity contribution < 1.29 is 0 Å². The van der Waals surface area contributed by atoms with Gasteiger partial charge in [-0.05, 0) is 17.7 Å². The van der Waals surface area contributed by atoms with E-state index in [1.54, 1.807) is 10.9 Å². The summed E-state index contributed by atoms with van der Waals surface area (Å²) < 4.78 is 1.75. The van der Waals surface area contributed by atoms with E-state index in [2.05, 4.69) is 15.3 Å². The van der Waals surface area contributed by atoms with Crippen molar-refractivity contribution in [2.75, 3.05) is 0 Å². The summed E-state index contributed by atoms with van der Waals surface area (Å²) >= 11 is 5.82. The molecule has 0 radical (unpaired) electrons. The highest BCUT2D eigenvalue weighted by atomic mass is 35.5. The Morgan fingerprint density at radius 1 is 1.09 bits per heavy atom. The molecule has 2 heterocycles. The van der Waals surface area contributed by atoms with Gasteiger partial charge in [0.2, 0.25) is 0 Å². The van der Waals surface area contributed by atoms with Gasteiger partial charge >= 0.3 is 0 Å². The maximum Gasteiger partial charge on any atom is 0.0849 e.